The van der Waals surface area contributed by atoms with Gasteiger partial charge < -0.3 is 4.52 Å². The van der Waals surface area contributed by atoms with E-state index in [0.717, 1.165) is 0 Å². The van der Waals surface area contributed by atoms with E-state index < -0.39 is 7.67 Å². The van der Waals surface area contributed by atoms with Gasteiger partial charge in [-0.3, -0.25) is 0 Å². The van der Waals surface area contributed by atoms with E-state index in [-0.39, 0.29) is 5.19 Å². The topological polar surface area (TPSA) is 91.2 Å². The maximum atomic E-state index is 10.6. The van der Waals surface area contributed by atoms with Crippen molar-refractivity contribution in [1.29, 1.82) is 0 Å². The zero-order chi connectivity index (χ0) is 7.61. The third-order valence-electron chi connectivity index (χ3n) is 0.630. The summed E-state index contributed by atoms with van der Waals surface area (Å²) in [6.07, 6.45) is 1.51. The van der Waals surface area contributed by atoms with Crippen molar-refractivity contribution in [2.45, 2.75) is 0 Å². The average molecular weight is 179 g/mol. The highest BCUT2D eigenvalue weighted by Crippen LogP contribution is 2.30. The number of aromatic nitrogens is 1. The third-order valence-corrected chi connectivity index (χ3v) is 1.86. The molecule has 0 aliphatic carbocycles. The van der Waals surface area contributed by atoms with Crippen molar-refractivity contribution < 1.29 is 9.09 Å². The molecule has 0 aliphatic rings. The van der Waals surface area contributed by atoms with E-state index in [2.05, 4.69) is 9.51 Å². The standard InChI is InChI=1S/C3H6N3O2PS/c4-9(5,7)8-3-6-1-2-10-3/h1-2H,(H4,4,5,7). The van der Waals surface area contributed by atoms with Crippen LogP contribution in [0.3, 0.4) is 0 Å². The molecule has 0 unspecified atom stereocenters. The number of hydrogen-bond acceptors (Lipinski definition) is 4. The highest BCUT2D eigenvalue weighted by molar-refractivity contribution is 7.54. The monoisotopic (exact) mass is 179 g/mol. The Labute approximate surface area is 61.6 Å². The zero-order valence-corrected chi connectivity index (χ0v) is 6.64. The van der Waals surface area contributed by atoms with Crippen molar-refractivity contribution in [2.75, 3.05) is 0 Å². The van der Waals surface area contributed by atoms with Crippen molar-refractivity contribution in [2.24, 2.45) is 11.0 Å². The predicted octanol–water partition coefficient (Wildman–Crippen LogP) is 0.547. The number of nitrogens with two attached hydrogens (primary N) is 2. The molecular formula is C3H6N3O2PS. The Hall–Kier alpha value is -0.420. The molecule has 10 heavy (non-hydrogen) atoms. The van der Waals surface area contributed by atoms with E-state index in [4.69, 9.17) is 11.0 Å². The van der Waals surface area contributed by atoms with Gasteiger partial charge in [0.15, 0.2) is 0 Å². The van der Waals surface area contributed by atoms with Crippen LogP contribution < -0.4 is 15.5 Å². The van der Waals surface area contributed by atoms with Crippen LogP contribution in [0.1, 0.15) is 0 Å². The van der Waals surface area contributed by atoms with Gasteiger partial charge in [-0.05, 0) is 0 Å². The van der Waals surface area contributed by atoms with E-state index in [0.29, 0.717) is 0 Å². The molecule has 0 amide bonds. The summed E-state index contributed by atoms with van der Waals surface area (Å²) in [5, 5.41) is 1.90. The molecule has 0 fully saturated rings. The quantitative estimate of drug-likeness (QED) is 0.646. The third kappa shape index (κ3) is 2.45. The molecule has 0 aliphatic heterocycles. The summed E-state index contributed by atoms with van der Waals surface area (Å²) < 4.78 is 15.1. The van der Waals surface area contributed by atoms with Gasteiger partial charge in [0, 0.05) is 11.6 Å². The van der Waals surface area contributed by atoms with Crippen molar-refractivity contribution in [1.82, 2.24) is 4.98 Å². The smallest absolute Gasteiger partial charge is 0.386 e. The lowest BCUT2D eigenvalue weighted by Crippen LogP contribution is -2.10. The Morgan fingerprint density at radius 3 is 2.80 bits per heavy atom. The maximum absolute atomic E-state index is 10.6. The molecule has 0 radical (unpaired) electrons. The van der Waals surface area contributed by atoms with Crippen molar-refractivity contribution in [3.05, 3.63) is 11.6 Å². The molecule has 0 bridgehead atoms. The molecule has 1 heterocycles. The van der Waals surface area contributed by atoms with Crippen LogP contribution in [0, 0.1) is 0 Å². The molecule has 1 aromatic heterocycles. The van der Waals surface area contributed by atoms with Gasteiger partial charge in [0.2, 0.25) is 0 Å². The first-order valence-electron chi connectivity index (χ1n) is 2.34. The predicted molar refractivity (Wildman–Crippen MR) is 38.7 cm³/mol. The minimum absolute atomic E-state index is 0.230. The largest absolute Gasteiger partial charge is 0.394 e. The minimum atomic E-state index is -3.41. The highest BCUT2D eigenvalue weighted by atomic mass is 32.1. The zero-order valence-electron chi connectivity index (χ0n) is 4.93. The molecule has 7 heteroatoms. The average Bonchev–Trinajstić information content (AvgIpc) is 2.12. The van der Waals surface area contributed by atoms with E-state index in [9.17, 15) is 4.57 Å². The molecule has 5 nitrogen and oxygen atoms in total. The van der Waals surface area contributed by atoms with Gasteiger partial charge in [0.05, 0.1) is 0 Å². The minimum Gasteiger partial charge on any atom is -0.394 e. The van der Waals surface area contributed by atoms with Crippen molar-refractivity contribution in [3.8, 4) is 5.19 Å². The normalized spacial score (nSPS) is 11.4. The Morgan fingerprint density at radius 1 is 1.70 bits per heavy atom. The molecular weight excluding hydrogens is 173 g/mol. The first-order chi connectivity index (χ1) is 4.58. The molecule has 56 valence electrons. The summed E-state index contributed by atoms with van der Waals surface area (Å²) in [4.78, 5) is 3.67. The van der Waals surface area contributed by atoms with Crippen LogP contribution in [-0.4, -0.2) is 4.98 Å². The second-order valence-corrected chi connectivity index (χ2v) is 3.86. The summed E-state index contributed by atoms with van der Waals surface area (Å²) in [7, 11) is -3.41. The number of rotatable bonds is 2. The molecule has 1 aromatic rings. The van der Waals surface area contributed by atoms with Crippen LogP contribution in [0.25, 0.3) is 0 Å². The molecule has 0 aromatic carbocycles. The van der Waals surface area contributed by atoms with Gasteiger partial charge in [-0.2, -0.15) is 0 Å². The Bertz CT molecular complexity index is 242. The fraction of sp³-hybridized carbons (Fsp3) is 0. The fourth-order valence-corrected chi connectivity index (χ4v) is 1.55. The molecule has 4 N–H and O–H groups in total. The summed E-state index contributed by atoms with van der Waals surface area (Å²) in [5.74, 6) is 0. The lowest BCUT2D eigenvalue weighted by atomic mass is 11.0. The second kappa shape index (κ2) is 2.67. The van der Waals surface area contributed by atoms with Crippen LogP contribution in [0.4, 0.5) is 0 Å². The number of thiazole rings is 1. The van der Waals surface area contributed by atoms with Gasteiger partial charge in [0.1, 0.15) is 0 Å². The van der Waals surface area contributed by atoms with Crippen LogP contribution in [0.5, 0.6) is 5.19 Å². The summed E-state index contributed by atoms with van der Waals surface area (Å²) in [5.41, 5.74) is 9.81. The van der Waals surface area contributed by atoms with Crippen LogP contribution in [0.2, 0.25) is 0 Å². The van der Waals surface area contributed by atoms with E-state index in [1.807, 2.05) is 0 Å². The van der Waals surface area contributed by atoms with Gasteiger partial charge in [0.25, 0.3) is 5.19 Å². The van der Waals surface area contributed by atoms with E-state index >= 15 is 0 Å². The molecule has 0 saturated carbocycles. The van der Waals surface area contributed by atoms with Gasteiger partial charge in [-0.15, -0.1) is 0 Å². The summed E-state index contributed by atoms with van der Waals surface area (Å²) in [6, 6.07) is 0. The number of nitrogens with zero attached hydrogens (tertiary/aromatic N) is 1. The fourth-order valence-electron chi connectivity index (χ4n) is 0.377. The van der Waals surface area contributed by atoms with Crippen LogP contribution in [0.15, 0.2) is 11.6 Å². The SMILES string of the molecule is NP(N)(=O)Oc1nccs1. The maximum Gasteiger partial charge on any atom is 0.386 e. The lowest BCUT2D eigenvalue weighted by Gasteiger charge is -2.03. The first kappa shape index (κ1) is 7.68. The molecule has 0 atom stereocenters. The van der Waals surface area contributed by atoms with Crippen molar-refractivity contribution >= 4 is 19.0 Å². The molecule has 0 spiro atoms. The summed E-state index contributed by atoms with van der Waals surface area (Å²) >= 11 is 1.18. The molecule has 1 rings (SSSR count). The van der Waals surface area contributed by atoms with Gasteiger partial charge in [-0.1, -0.05) is 11.3 Å². The van der Waals surface area contributed by atoms with E-state index in [1.54, 1.807) is 5.38 Å². The highest BCUT2D eigenvalue weighted by Gasteiger charge is 2.11. The van der Waals surface area contributed by atoms with Crippen LogP contribution >= 0.6 is 19.0 Å². The Kier molecular flexibility index (Phi) is 2.05. The Balaban J connectivity index is 2.66. The van der Waals surface area contributed by atoms with Crippen molar-refractivity contribution in [3.63, 3.8) is 0 Å². The van der Waals surface area contributed by atoms with Gasteiger partial charge in [-0.25, -0.2) is 20.6 Å². The molecule has 0 saturated heterocycles. The second-order valence-electron chi connectivity index (χ2n) is 1.53. The lowest BCUT2D eigenvalue weighted by molar-refractivity contribution is 0.482. The van der Waals surface area contributed by atoms with E-state index in [1.165, 1.54) is 17.5 Å². The Morgan fingerprint density at radius 2 is 2.40 bits per heavy atom. The van der Waals surface area contributed by atoms with Crippen LogP contribution in [-0.2, 0) is 4.57 Å². The summed E-state index contributed by atoms with van der Waals surface area (Å²) in [6.45, 7) is 0. The number of hydrogen-bond donors (Lipinski definition) is 2. The first-order valence-corrected chi connectivity index (χ1v) is 4.98. The van der Waals surface area contributed by atoms with Gasteiger partial charge >= 0.3 is 7.67 Å².